The van der Waals surface area contributed by atoms with E-state index in [0.717, 1.165) is 18.8 Å². The molecule has 7 heteroatoms. The minimum Gasteiger partial charge on any atom is -0.396 e. The van der Waals surface area contributed by atoms with E-state index in [1.54, 1.807) is 0 Å². The molecule has 0 spiro atoms. The summed E-state index contributed by atoms with van der Waals surface area (Å²) in [7, 11) is 0. The average molecular weight is 283 g/mol. The van der Waals surface area contributed by atoms with Crippen molar-refractivity contribution >= 4 is 23.4 Å². The van der Waals surface area contributed by atoms with Crippen LogP contribution in [-0.2, 0) is 0 Å². The molecule has 0 radical (unpaired) electrons. The van der Waals surface area contributed by atoms with Crippen molar-refractivity contribution in [2.75, 3.05) is 29.7 Å². The first-order chi connectivity index (χ1) is 9.28. The summed E-state index contributed by atoms with van der Waals surface area (Å²) in [5, 5.41) is 9.75. The van der Waals surface area contributed by atoms with Gasteiger partial charge >= 0.3 is 0 Å². The number of hydrazine groups is 1. The molecule has 1 aromatic rings. The van der Waals surface area contributed by atoms with Crippen LogP contribution in [0.4, 0.5) is 11.6 Å². The van der Waals surface area contributed by atoms with E-state index in [4.69, 9.17) is 10.9 Å². The summed E-state index contributed by atoms with van der Waals surface area (Å²) in [4.78, 5) is 11.1. The van der Waals surface area contributed by atoms with Gasteiger partial charge in [-0.05, 0) is 31.9 Å². The molecule has 1 saturated carbocycles. The molecular formula is C12H21N5OS. The summed E-state index contributed by atoms with van der Waals surface area (Å²) in [5.41, 5.74) is 2.59. The number of aromatic nitrogens is 2. The topological polar surface area (TPSA) is 87.3 Å². The number of anilines is 2. The van der Waals surface area contributed by atoms with E-state index in [0.29, 0.717) is 17.0 Å². The lowest BCUT2D eigenvalue weighted by Gasteiger charge is -2.38. The lowest BCUT2D eigenvalue weighted by Crippen LogP contribution is -2.41. The maximum absolute atomic E-state index is 9.04. The van der Waals surface area contributed by atoms with Crippen molar-refractivity contribution in [1.82, 2.24) is 9.97 Å². The number of thioether (sulfide) groups is 1. The molecule has 19 heavy (non-hydrogen) atoms. The minimum absolute atomic E-state index is 0.200. The maximum Gasteiger partial charge on any atom is 0.191 e. The predicted molar refractivity (Wildman–Crippen MR) is 78.3 cm³/mol. The number of aliphatic hydroxyl groups is 1. The zero-order chi connectivity index (χ0) is 13.7. The Labute approximate surface area is 117 Å². The highest BCUT2D eigenvalue weighted by Gasteiger charge is 2.26. The zero-order valence-electron chi connectivity index (χ0n) is 11.2. The van der Waals surface area contributed by atoms with Crippen molar-refractivity contribution in [3.8, 4) is 0 Å². The fourth-order valence-corrected chi connectivity index (χ4v) is 2.52. The molecule has 0 bridgehead atoms. The second-order valence-corrected chi connectivity index (χ2v) is 5.37. The Morgan fingerprint density at radius 3 is 2.84 bits per heavy atom. The van der Waals surface area contributed by atoms with E-state index in [2.05, 4.69) is 20.3 Å². The van der Waals surface area contributed by atoms with E-state index < -0.39 is 0 Å². The first-order valence-corrected chi connectivity index (χ1v) is 7.78. The average Bonchev–Trinajstić information content (AvgIpc) is 2.40. The summed E-state index contributed by atoms with van der Waals surface area (Å²) in [6, 6.07) is 2.40. The Morgan fingerprint density at radius 1 is 1.53 bits per heavy atom. The van der Waals surface area contributed by atoms with Crippen LogP contribution in [0.5, 0.6) is 0 Å². The number of hydrogen-bond donors (Lipinski definition) is 3. The monoisotopic (exact) mass is 283 g/mol. The fourth-order valence-electron chi connectivity index (χ4n) is 2.15. The number of aliphatic hydroxyl groups excluding tert-OH is 1. The SMILES string of the molecule is CSc1nc(NN)cc(N(CCCO)C2CCC2)n1. The van der Waals surface area contributed by atoms with Gasteiger partial charge in [-0.2, -0.15) is 0 Å². The van der Waals surface area contributed by atoms with Crippen LogP contribution >= 0.6 is 11.8 Å². The normalized spacial score (nSPS) is 15.1. The highest BCUT2D eigenvalue weighted by Crippen LogP contribution is 2.30. The van der Waals surface area contributed by atoms with E-state index in [1.165, 1.54) is 31.0 Å². The van der Waals surface area contributed by atoms with Gasteiger partial charge in [-0.15, -0.1) is 0 Å². The van der Waals surface area contributed by atoms with Crippen LogP contribution in [0.15, 0.2) is 11.2 Å². The van der Waals surface area contributed by atoms with Gasteiger partial charge in [0.1, 0.15) is 11.6 Å². The molecule has 0 amide bonds. The number of rotatable bonds is 7. The Hall–Kier alpha value is -1.05. The highest BCUT2D eigenvalue weighted by molar-refractivity contribution is 7.98. The highest BCUT2D eigenvalue weighted by atomic mass is 32.2. The molecule has 1 aliphatic rings. The van der Waals surface area contributed by atoms with Gasteiger partial charge in [0.15, 0.2) is 5.16 Å². The van der Waals surface area contributed by atoms with Crippen molar-refractivity contribution in [2.24, 2.45) is 5.84 Å². The Bertz CT molecular complexity index is 391. The minimum atomic E-state index is 0.200. The van der Waals surface area contributed by atoms with E-state index in [9.17, 15) is 0 Å². The summed E-state index contributed by atoms with van der Waals surface area (Å²) < 4.78 is 0. The molecule has 6 nitrogen and oxygen atoms in total. The van der Waals surface area contributed by atoms with Gasteiger partial charge in [0.2, 0.25) is 0 Å². The van der Waals surface area contributed by atoms with Crippen LogP contribution in [0.1, 0.15) is 25.7 Å². The van der Waals surface area contributed by atoms with Gasteiger partial charge in [-0.25, -0.2) is 15.8 Å². The summed E-state index contributed by atoms with van der Waals surface area (Å²) in [5.74, 6) is 6.98. The van der Waals surface area contributed by atoms with Gasteiger partial charge in [0, 0.05) is 25.3 Å². The smallest absolute Gasteiger partial charge is 0.191 e. The summed E-state index contributed by atoms with van der Waals surface area (Å²) in [6.07, 6.45) is 6.34. The third-order valence-electron chi connectivity index (χ3n) is 3.39. The molecule has 1 fully saturated rings. The Balaban J connectivity index is 2.23. The quantitative estimate of drug-likeness (QED) is 0.300. The zero-order valence-corrected chi connectivity index (χ0v) is 12.0. The van der Waals surface area contributed by atoms with Gasteiger partial charge in [-0.3, -0.25) is 0 Å². The second-order valence-electron chi connectivity index (χ2n) is 4.60. The van der Waals surface area contributed by atoms with Gasteiger partial charge in [-0.1, -0.05) is 11.8 Å². The molecule has 0 aromatic carbocycles. The number of nitrogen functional groups attached to an aromatic ring is 1. The molecule has 0 saturated heterocycles. The van der Waals surface area contributed by atoms with Crippen molar-refractivity contribution in [3.63, 3.8) is 0 Å². The van der Waals surface area contributed by atoms with Crippen LogP contribution < -0.4 is 16.2 Å². The summed E-state index contributed by atoms with van der Waals surface area (Å²) in [6.45, 7) is 1.02. The number of hydrogen-bond acceptors (Lipinski definition) is 7. The standard InChI is InChI=1S/C12H21N5OS/c1-19-12-14-10(16-13)8-11(15-12)17(6-3-7-18)9-4-2-5-9/h8-9,18H,2-7,13H2,1H3,(H,14,15,16). The molecule has 2 rings (SSSR count). The first kappa shape index (κ1) is 14.4. The van der Waals surface area contributed by atoms with E-state index in [1.807, 2.05) is 12.3 Å². The maximum atomic E-state index is 9.04. The van der Waals surface area contributed by atoms with Crippen molar-refractivity contribution in [1.29, 1.82) is 0 Å². The predicted octanol–water partition coefficient (Wildman–Crippen LogP) is 1.23. The molecule has 0 aliphatic heterocycles. The molecule has 4 N–H and O–H groups in total. The Kier molecular flexibility index (Phi) is 5.24. The van der Waals surface area contributed by atoms with Crippen molar-refractivity contribution < 1.29 is 5.11 Å². The lowest BCUT2D eigenvalue weighted by molar-refractivity contribution is 0.282. The largest absolute Gasteiger partial charge is 0.396 e. The van der Waals surface area contributed by atoms with Crippen LogP contribution in [-0.4, -0.2) is 40.5 Å². The number of nitrogens with two attached hydrogens (primary N) is 1. The third-order valence-corrected chi connectivity index (χ3v) is 3.94. The van der Waals surface area contributed by atoms with Crippen molar-refractivity contribution in [3.05, 3.63) is 6.07 Å². The molecule has 1 aromatic heterocycles. The van der Waals surface area contributed by atoms with Crippen LogP contribution in [0.2, 0.25) is 0 Å². The van der Waals surface area contributed by atoms with Gasteiger partial charge in [0.25, 0.3) is 0 Å². The second kappa shape index (κ2) is 6.93. The molecule has 0 atom stereocenters. The van der Waals surface area contributed by atoms with E-state index in [-0.39, 0.29) is 6.61 Å². The van der Waals surface area contributed by atoms with Crippen LogP contribution in [0.25, 0.3) is 0 Å². The molecular weight excluding hydrogens is 262 g/mol. The van der Waals surface area contributed by atoms with Crippen molar-refractivity contribution in [2.45, 2.75) is 36.9 Å². The number of nitrogens with zero attached hydrogens (tertiary/aromatic N) is 3. The van der Waals surface area contributed by atoms with Gasteiger partial charge in [0.05, 0.1) is 0 Å². The molecule has 1 heterocycles. The Morgan fingerprint density at radius 2 is 2.32 bits per heavy atom. The lowest BCUT2D eigenvalue weighted by atomic mass is 9.91. The number of nitrogens with one attached hydrogen (secondary N) is 1. The molecule has 106 valence electrons. The third kappa shape index (κ3) is 3.49. The van der Waals surface area contributed by atoms with E-state index >= 15 is 0 Å². The molecule has 1 aliphatic carbocycles. The van der Waals surface area contributed by atoms with Gasteiger partial charge < -0.3 is 15.4 Å². The first-order valence-electron chi connectivity index (χ1n) is 6.55. The fraction of sp³-hybridized carbons (Fsp3) is 0.667. The van der Waals surface area contributed by atoms with Crippen LogP contribution in [0, 0.1) is 0 Å². The molecule has 0 unspecified atom stereocenters. The van der Waals surface area contributed by atoms with Crippen LogP contribution in [0.3, 0.4) is 0 Å². The summed E-state index contributed by atoms with van der Waals surface area (Å²) >= 11 is 1.50.